The van der Waals surface area contributed by atoms with E-state index in [9.17, 15) is 0 Å². The molecule has 13 nitrogen and oxygen atoms in total. The van der Waals surface area contributed by atoms with Gasteiger partial charge in [-0.2, -0.15) is 5.10 Å². The Morgan fingerprint density at radius 3 is 2.47 bits per heavy atom. The number of anilines is 4. The molecule has 0 amide bonds. The normalized spacial score (nSPS) is 17.2. The van der Waals surface area contributed by atoms with Crippen molar-refractivity contribution in [3.63, 3.8) is 0 Å². The number of benzene rings is 3. The van der Waals surface area contributed by atoms with Crippen LogP contribution in [0.3, 0.4) is 0 Å². The second-order valence-corrected chi connectivity index (χ2v) is 15.6. The number of H-pyrrole nitrogens is 1. The zero-order valence-corrected chi connectivity index (χ0v) is 33.6. The molecule has 2 atom stereocenters. The second kappa shape index (κ2) is 16.2. The number of aromatic nitrogens is 5. The third-order valence-corrected chi connectivity index (χ3v) is 11.7. The monoisotopic (exact) mass is 795 g/mol. The minimum absolute atomic E-state index is 0.593. The van der Waals surface area contributed by atoms with Gasteiger partial charge in [0, 0.05) is 70.7 Å². The zero-order chi connectivity index (χ0) is 40.4. The third kappa shape index (κ3) is 7.49. The quantitative estimate of drug-likeness (QED) is 0.133. The van der Waals surface area contributed by atoms with Crippen molar-refractivity contribution >= 4 is 73.9 Å². The summed E-state index contributed by atoms with van der Waals surface area (Å²) in [4.78, 5) is 26.4. The maximum absolute atomic E-state index is 5.55. The van der Waals surface area contributed by atoms with Crippen LogP contribution in [0.15, 0.2) is 122 Å². The van der Waals surface area contributed by atoms with Crippen LogP contribution in [0.5, 0.6) is 0 Å². The largest absolute Gasteiger partial charge is 0.464 e. The lowest BCUT2D eigenvalue weighted by Gasteiger charge is -2.26. The maximum atomic E-state index is 5.55. The molecule has 0 saturated heterocycles. The van der Waals surface area contributed by atoms with Crippen molar-refractivity contribution in [1.82, 2.24) is 25.1 Å². The van der Waals surface area contributed by atoms with Gasteiger partial charge in [-0.3, -0.25) is 25.1 Å². The van der Waals surface area contributed by atoms with Crippen LogP contribution in [-0.4, -0.2) is 49.6 Å². The van der Waals surface area contributed by atoms with Crippen LogP contribution >= 0.6 is 0 Å². The lowest BCUT2D eigenvalue weighted by molar-refractivity contribution is 0.328. The molecule has 4 N–H and O–H groups in total. The van der Waals surface area contributed by atoms with E-state index < -0.39 is 0 Å². The zero-order valence-electron chi connectivity index (χ0n) is 33.6. The highest BCUT2D eigenvalue weighted by molar-refractivity contribution is 6.10. The molecule has 8 heterocycles. The van der Waals surface area contributed by atoms with Crippen LogP contribution in [0.4, 0.5) is 22.9 Å². The van der Waals surface area contributed by atoms with Gasteiger partial charge in [0.05, 0.1) is 25.6 Å². The van der Waals surface area contributed by atoms with Crippen molar-refractivity contribution in [2.75, 3.05) is 22.5 Å². The summed E-state index contributed by atoms with van der Waals surface area (Å²) in [5, 5.41) is 19.5. The first-order valence-corrected chi connectivity index (χ1v) is 20.7. The predicted octanol–water partition coefficient (Wildman–Crippen LogP) is 10.2. The summed E-state index contributed by atoms with van der Waals surface area (Å²) in [7, 11) is 0. The molecule has 1 saturated carbocycles. The molecule has 3 aliphatic heterocycles. The van der Waals surface area contributed by atoms with E-state index in [-0.39, 0.29) is 0 Å². The Balaban J connectivity index is 0.000000108. The van der Waals surface area contributed by atoms with Crippen molar-refractivity contribution in [2.45, 2.75) is 59.0 Å². The van der Waals surface area contributed by atoms with Crippen LogP contribution in [0.25, 0.3) is 33.1 Å². The molecule has 5 aromatic heterocycles. The van der Waals surface area contributed by atoms with Crippen molar-refractivity contribution in [2.24, 2.45) is 26.8 Å². The van der Waals surface area contributed by atoms with Crippen LogP contribution in [0.1, 0.15) is 66.1 Å². The Hall–Kier alpha value is -7.15. The first kappa shape index (κ1) is 37.1. The highest BCUT2D eigenvalue weighted by atomic mass is 16.3. The summed E-state index contributed by atoms with van der Waals surface area (Å²) in [6.07, 6.45) is 17.0. The summed E-state index contributed by atoms with van der Waals surface area (Å²) < 4.78 is 11.0. The van der Waals surface area contributed by atoms with Gasteiger partial charge in [-0.1, -0.05) is 31.9 Å². The van der Waals surface area contributed by atoms with Crippen LogP contribution < -0.4 is 16.0 Å². The van der Waals surface area contributed by atoms with E-state index in [0.29, 0.717) is 18.1 Å². The van der Waals surface area contributed by atoms with E-state index in [1.54, 1.807) is 24.9 Å². The summed E-state index contributed by atoms with van der Waals surface area (Å²) in [5.41, 5.74) is 13.3. The molecule has 3 aromatic carbocycles. The molecule has 0 radical (unpaired) electrons. The number of nitrogens with zero attached hydrogens (tertiary/aromatic N) is 7. The standard InChI is InChI=1S/C17H15N3O.C16H19N3.C14H11N5O/c1-2-11-10-21-15-6-5-13(8-14(11)15)20-17-16-12(9-19-17)4-3-7-18-16;1-2-4-15-12(3-1)10-18-16(15)19-14-6-5-11-8-17-9-13(11)7-14;1-8-7-20-11-3-2-9(6-10(8)11)17-14-12-13(18-19-14)16-5-4-15-12/h3-8,10H,2,9H2,1H3,(H,19,20);5-7,9,12,15H,1-4,8,10H2,(H,18,19);2-7H,1H3,(H2,16,17,18,19). The van der Waals surface area contributed by atoms with E-state index in [2.05, 4.69) is 88.3 Å². The van der Waals surface area contributed by atoms with E-state index in [4.69, 9.17) is 13.8 Å². The Morgan fingerprint density at radius 1 is 0.750 bits per heavy atom. The molecule has 2 unspecified atom stereocenters. The highest BCUT2D eigenvalue weighted by Gasteiger charge is 2.33. The summed E-state index contributed by atoms with van der Waals surface area (Å²) in [6.45, 7) is 6.71. The van der Waals surface area contributed by atoms with Crippen molar-refractivity contribution < 1.29 is 8.83 Å². The first-order valence-electron chi connectivity index (χ1n) is 20.7. The number of rotatable bonds is 5. The fraction of sp³-hybridized carbons (Fsp3) is 0.255. The summed E-state index contributed by atoms with van der Waals surface area (Å²) in [6, 6.07) is 22.6. The van der Waals surface area contributed by atoms with E-state index in [1.165, 1.54) is 53.8 Å². The first-order chi connectivity index (χ1) is 29.6. The van der Waals surface area contributed by atoms with Gasteiger partial charge >= 0.3 is 0 Å². The number of hydrogen-bond acceptors (Lipinski definition) is 12. The number of fused-ring (bicyclic) bond motifs is 6. The van der Waals surface area contributed by atoms with E-state index in [1.807, 2.05) is 55.8 Å². The molecule has 60 heavy (non-hydrogen) atoms. The number of hydrogen-bond donors (Lipinski definition) is 4. The minimum atomic E-state index is 0.593. The number of amidine groups is 2. The van der Waals surface area contributed by atoms with Gasteiger partial charge in [0.15, 0.2) is 17.2 Å². The van der Waals surface area contributed by atoms with Gasteiger partial charge in [-0.25, -0.2) is 9.97 Å². The smallest absolute Gasteiger partial charge is 0.201 e. The SMILES string of the molecule is C1=NCc2ccc(NC3=NCC4CCCCC34)cc21.CCc1coc2ccc(NC3=NCc4cccnc43)cc12.Cc1coc2ccc(Nc3[nH]nc4nccnc34)cc12. The van der Waals surface area contributed by atoms with E-state index in [0.717, 1.165) is 92.9 Å². The Labute approximate surface area is 346 Å². The van der Waals surface area contributed by atoms with Crippen molar-refractivity contribution in [3.8, 4) is 0 Å². The second-order valence-electron chi connectivity index (χ2n) is 15.6. The number of furan rings is 2. The predicted molar refractivity (Wildman–Crippen MR) is 239 cm³/mol. The van der Waals surface area contributed by atoms with Gasteiger partial charge < -0.3 is 24.8 Å². The molecule has 4 aliphatic rings. The van der Waals surface area contributed by atoms with Gasteiger partial charge in [0.25, 0.3) is 0 Å². The fourth-order valence-electron chi connectivity index (χ4n) is 8.48. The average Bonchev–Trinajstić information content (AvgIpc) is 4.17. The van der Waals surface area contributed by atoms with Crippen LogP contribution in [0.2, 0.25) is 0 Å². The van der Waals surface area contributed by atoms with E-state index >= 15 is 0 Å². The number of aliphatic imine (C=N–C) groups is 3. The molecule has 0 spiro atoms. The summed E-state index contributed by atoms with van der Waals surface area (Å²) in [5.74, 6) is 4.27. The number of pyridine rings is 1. The number of nitrogens with one attached hydrogen (secondary N) is 4. The van der Waals surface area contributed by atoms with Crippen LogP contribution in [-0.2, 0) is 19.5 Å². The van der Waals surface area contributed by atoms with Gasteiger partial charge in [-0.15, -0.1) is 0 Å². The Kier molecular flexibility index (Phi) is 10.1. The molecular weight excluding hydrogens is 751 g/mol. The third-order valence-electron chi connectivity index (χ3n) is 11.7. The average molecular weight is 796 g/mol. The molecule has 1 aliphatic carbocycles. The Bertz CT molecular complexity index is 2940. The molecule has 13 heteroatoms. The maximum Gasteiger partial charge on any atom is 0.201 e. The molecule has 0 bridgehead atoms. The minimum Gasteiger partial charge on any atom is -0.464 e. The Morgan fingerprint density at radius 2 is 1.55 bits per heavy atom. The highest BCUT2D eigenvalue weighted by Crippen LogP contribution is 2.36. The molecule has 300 valence electrons. The number of aromatic amines is 1. The molecule has 8 aromatic rings. The molecule has 1 fully saturated rings. The van der Waals surface area contributed by atoms with Crippen LogP contribution in [0, 0.1) is 18.8 Å². The fourth-order valence-corrected chi connectivity index (χ4v) is 8.48. The lowest BCUT2D eigenvalue weighted by atomic mass is 9.80. The molecule has 12 rings (SSSR count). The molecular formula is C47H45N11O2. The van der Waals surface area contributed by atoms with Crippen molar-refractivity contribution in [1.29, 1.82) is 0 Å². The van der Waals surface area contributed by atoms with Gasteiger partial charge in [0.2, 0.25) is 5.65 Å². The topological polar surface area (TPSA) is 167 Å². The summed E-state index contributed by atoms with van der Waals surface area (Å²) >= 11 is 0. The lowest BCUT2D eigenvalue weighted by Crippen LogP contribution is -2.27. The van der Waals surface area contributed by atoms with Gasteiger partial charge in [-0.05, 0) is 109 Å². The number of aryl methyl sites for hydroxylation is 2. The van der Waals surface area contributed by atoms with Crippen molar-refractivity contribution in [3.05, 3.63) is 131 Å². The van der Waals surface area contributed by atoms with Gasteiger partial charge in [0.1, 0.15) is 22.7 Å².